The lowest BCUT2D eigenvalue weighted by atomic mass is 9.79. The fourth-order valence-electron chi connectivity index (χ4n) is 9.74. The lowest BCUT2D eigenvalue weighted by Crippen LogP contribution is -2.56. The zero-order valence-corrected chi connectivity index (χ0v) is 29.9. The standard InChI is InChI=1S/C36H60O11/c1-10-34(31-20(3)16-26(43-31)28-19(2)15-21(4)36(41,18-37)46-28)12-11-27(44-34)33(8)13-14-35(47-33)17-25(38)22(5)30(45-35)23(6)29(42-9)24(7)32(39)40/h19-24,26-31,37,41H,10-18H2,1-9H3,(H,39,40)/t19-,20-,21+,22+,23-,24-,26+,27+,28-,29+,30-,31+,33-,34-,35+,36-/m0/s1. The Bertz CT molecular complexity index is 1150. The van der Waals surface area contributed by atoms with Crippen molar-refractivity contribution in [2.45, 2.75) is 166 Å². The first-order valence-corrected chi connectivity index (χ1v) is 18.0. The van der Waals surface area contributed by atoms with E-state index >= 15 is 0 Å². The van der Waals surface area contributed by atoms with Gasteiger partial charge in [-0.2, -0.15) is 0 Å². The first-order chi connectivity index (χ1) is 22.0. The second kappa shape index (κ2) is 13.5. The van der Waals surface area contributed by atoms with Crippen molar-refractivity contribution in [2.24, 2.45) is 35.5 Å². The minimum Gasteiger partial charge on any atom is -0.481 e. The summed E-state index contributed by atoms with van der Waals surface area (Å²) in [5, 5.41) is 30.6. The highest BCUT2D eigenvalue weighted by molar-refractivity contribution is 5.83. The van der Waals surface area contributed by atoms with Crippen molar-refractivity contribution in [2.75, 3.05) is 13.7 Å². The van der Waals surface area contributed by atoms with Crippen LogP contribution in [0.2, 0.25) is 0 Å². The molecule has 0 aliphatic carbocycles. The molecule has 5 aliphatic rings. The molecule has 11 heteroatoms. The average molecular weight is 669 g/mol. The molecule has 5 aliphatic heterocycles. The van der Waals surface area contributed by atoms with E-state index in [0.717, 1.165) is 32.1 Å². The number of ether oxygens (including phenoxy) is 6. The van der Waals surface area contributed by atoms with Crippen molar-refractivity contribution in [3.63, 3.8) is 0 Å². The van der Waals surface area contributed by atoms with Gasteiger partial charge in [0.05, 0.1) is 66.8 Å². The van der Waals surface area contributed by atoms with Gasteiger partial charge in [0.1, 0.15) is 5.78 Å². The number of ketones is 1. The largest absolute Gasteiger partial charge is 0.481 e. The molecular formula is C36H60O11. The fourth-order valence-corrected chi connectivity index (χ4v) is 9.74. The number of rotatable bonds is 10. The summed E-state index contributed by atoms with van der Waals surface area (Å²) >= 11 is 0. The molecule has 0 radical (unpaired) electrons. The van der Waals surface area contributed by atoms with Crippen LogP contribution in [0.15, 0.2) is 0 Å². The van der Waals surface area contributed by atoms with Crippen molar-refractivity contribution < 1.29 is 53.3 Å². The van der Waals surface area contributed by atoms with E-state index in [9.17, 15) is 24.9 Å². The SMILES string of the molecule is CC[C@@]1([C@@H]2O[C@@H]([C@H]3O[C@@](O)(CO)[C@H](C)C[C@@H]3C)C[C@@H]2C)CC[C@H]([C@]2(C)CC[C@]3(CC(=O)[C@@H](C)[C@@H]([C@@H](C)[C@@H](OC)[C@H](C)C(=O)O)O3)O2)O1. The maximum Gasteiger partial charge on any atom is 0.308 e. The summed E-state index contributed by atoms with van der Waals surface area (Å²) in [6, 6.07) is 0. The van der Waals surface area contributed by atoms with Crippen LogP contribution < -0.4 is 0 Å². The molecule has 0 aromatic carbocycles. The van der Waals surface area contributed by atoms with Gasteiger partial charge in [0, 0.05) is 31.3 Å². The van der Waals surface area contributed by atoms with E-state index in [0.29, 0.717) is 12.8 Å². The molecule has 47 heavy (non-hydrogen) atoms. The Labute approximate surface area is 280 Å². The van der Waals surface area contributed by atoms with Crippen molar-refractivity contribution in [3.05, 3.63) is 0 Å². The number of hydrogen-bond donors (Lipinski definition) is 3. The zero-order valence-electron chi connectivity index (χ0n) is 29.9. The summed E-state index contributed by atoms with van der Waals surface area (Å²) in [7, 11) is 1.50. The molecule has 0 aromatic heterocycles. The van der Waals surface area contributed by atoms with Crippen molar-refractivity contribution >= 4 is 11.8 Å². The van der Waals surface area contributed by atoms with Crippen LogP contribution >= 0.6 is 0 Å². The van der Waals surface area contributed by atoms with E-state index in [2.05, 4.69) is 27.7 Å². The van der Waals surface area contributed by atoms with Gasteiger partial charge in [-0.15, -0.1) is 0 Å². The second-order valence-corrected chi connectivity index (χ2v) is 16.1. The van der Waals surface area contributed by atoms with E-state index in [1.54, 1.807) is 6.92 Å². The number of aliphatic hydroxyl groups is 2. The van der Waals surface area contributed by atoms with Gasteiger partial charge in [-0.05, 0) is 64.2 Å². The molecule has 3 N–H and O–H groups in total. The fraction of sp³-hybridized carbons (Fsp3) is 0.944. The van der Waals surface area contributed by atoms with Gasteiger partial charge >= 0.3 is 5.97 Å². The first kappa shape index (κ1) is 37.1. The molecule has 0 bridgehead atoms. The summed E-state index contributed by atoms with van der Waals surface area (Å²) in [4.78, 5) is 25.2. The summed E-state index contributed by atoms with van der Waals surface area (Å²) in [5.41, 5.74) is -1.20. The van der Waals surface area contributed by atoms with Crippen LogP contribution in [0.3, 0.4) is 0 Å². The number of Topliss-reactive ketones (excluding diaryl/α,β-unsaturated/α-hetero) is 1. The van der Waals surface area contributed by atoms with Gasteiger partial charge in [0.15, 0.2) is 11.6 Å². The highest BCUT2D eigenvalue weighted by Gasteiger charge is 2.62. The summed E-state index contributed by atoms with van der Waals surface area (Å²) in [6.45, 7) is 15.3. The molecular weight excluding hydrogens is 608 g/mol. The monoisotopic (exact) mass is 668 g/mol. The van der Waals surface area contributed by atoms with Gasteiger partial charge in [0.2, 0.25) is 0 Å². The molecule has 0 aromatic rings. The molecule has 1 spiro atoms. The second-order valence-electron chi connectivity index (χ2n) is 16.1. The lowest BCUT2D eigenvalue weighted by Gasteiger charge is -2.46. The Morgan fingerprint density at radius 2 is 1.74 bits per heavy atom. The first-order valence-electron chi connectivity index (χ1n) is 18.0. The van der Waals surface area contributed by atoms with Crippen molar-refractivity contribution in [3.8, 4) is 0 Å². The Balaban J connectivity index is 1.29. The van der Waals surface area contributed by atoms with Gasteiger partial charge in [-0.3, -0.25) is 9.59 Å². The maximum atomic E-state index is 13.4. The lowest BCUT2D eigenvalue weighted by molar-refractivity contribution is -0.323. The molecule has 0 amide bonds. The van der Waals surface area contributed by atoms with Crippen LogP contribution in [0.1, 0.15) is 107 Å². The minimum absolute atomic E-state index is 0.0475. The third-order valence-corrected chi connectivity index (χ3v) is 12.8. The molecule has 16 atom stereocenters. The minimum atomic E-state index is -1.57. The van der Waals surface area contributed by atoms with Crippen LogP contribution in [0.25, 0.3) is 0 Å². The van der Waals surface area contributed by atoms with E-state index in [1.807, 2.05) is 20.8 Å². The van der Waals surface area contributed by atoms with Crippen LogP contribution in [0.4, 0.5) is 0 Å². The number of hydrogen-bond acceptors (Lipinski definition) is 10. The van der Waals surface area contributed by atoms with E-state index in [4.69, 9.17) is 28.4 Å². The van der Waals surface area contributed by atoms with E-state index in [1.165, 1.54) is 7.11 Å². The topological polar surface area (TPSA) is 150 Å². The van der Waals surface area contributed by atoms with Gasteiger partial charge < -0.3 is 43.7 Å². The quantitative estimate of drug-likeness (QED) is 0.302. The molecule has 270 valence electrons. The van der Waals surface area contributed by atoms with Crippen LogP contribution in [0, 0.1) is 35.5 Å². The third kappa shape index (κ3) is 6.57. The Kier molecular flexibility index (Phi) is 10.7. The number of carboxylic acid groups (broad SMARTS) is 1. The summed E-state index contributed by atoms with van der Waals surface area (Å²) in [6.07, 6.45) is 3.09. The van der Waals surface area contributed by atoms with E-state index in [-0.39, 0.29) is 60.3 Å². The summed E-state index contributed by atoms with van der Waals surface area (Å²) < 4.78 is 39.2. The molecule has 0 unspecified atom stereocenters. The Morgan fingerprint density at radius 3 is 2.36 bits per heavy atom. The van der Waals surface area contributed by atoms with Crippen LogP contribution in [0.5, 0.6) is 0 Å². The number of aliphatic hydroxyl groups excluding tert-OH is 1. The maximum absolute atomic E-state index is 13.4. The molecule has 5 saturated heterocycles. The average Bonchev–Trinajstić information content (AvgIpc) is 3.73. The normalized spacial score (nSPS) is 49.3. The van der Waals surface area contributed by atoms with Crippen LogP contribution in [-0.2, 0) is 38.0 Å². The van der Waals surface area contributed by atoms with Crippen LogP contribution in [-0.4, -0.2) is 100 Å². The number of carboxylic acids is 1. The van der Waals surface area contributed by atoms with Gasteiger partial charge in [-0.1, -0.05) is 41.5 Å². The molecule has 0 saturated carbocycles. The van der Waals surface area contributed by atoms with Crippen molar-refractivity contribution in [1.82, 2.24) is 0 Å². The molecule has 5 rings (SSSR count). The van der Waals surface area contributed by atoms with Crippen molar-refractivity contribution in [1.29, 1.82) is 0 Å². The highest BCUT2D eigenvalue weighted by atomic mass is 16.7. The number of carbonyl (C=O) groups is 2. The van der Waals surface area contributed by atoms with Gasteiger partial charge in [-0.25, -0.2) is 0 Å². The van der Waals surface area contributed by atoms with E-state index < -0.39 is 59.4 Å². The Hall–Kier alpha value is -1.18. The number of aliphatic carboxylic acids is 1. The zero-order chi connectivity index (χ0) is 34.7. The van der Waals surface area contributed by atoms with Gasteiger partial charge in [0.25, 0.3) is 0 Å². The highest BCUT2D eigenvalue weighted by Crippen LogP contribution is 2.54. The molecule has 5 heterocycles. The predicted molar refractivity (Wildman–Crippen MR) is 171 cm³/mol. The predicted octanol–water partition coefficient (Wildman–Crippen LogP) is 4.48. The third-order valence-electron chi connectivity index (χ3n) is 12.8. The molecule has 11 nitrogen and oxygen atoms in total. The number of methoxy groups -OCH3 is 1. The number of carbonyl (C=O) groups excluding carboxylic acids is 1. The Morgan fingerprint density at radius 1 is 1.04 bits per heavy atom. The molecule has 5 fully saturated rings. The smallest absolute Gasteiger partial charge is 0.308 e. The summed E-state index contributed by atoms with van der Waals surface area (Å²) in [5.74, 6) is -4.91.